The quantitative estimate of drug-likeness (QED) is 0.106. The average molecular weight is 855 g/mol. The van der Waals surface area contributed by atoms with Crippen LogP contribution in [0.25, 0.3) is 11.4 Å². The van der Waals surface area contributed by atoms with Gasteiger partial charge in [-0.1, -0.05) is 50.6 Å². The summed E-state index contributed by atoms with van der Waals surface area (Å²) in [5.41, 5.74) is 4.27. The van der Waals surface area contributed by atoms with Gasteiger partial charge in [0.25, 0.3) is 5.91 Å². The third kappa shape index (κ3) is 10.5. The minimum absolute atomic E-state index is 0.0158. The number of nitrogens with one attached hydrogen (secondary N) is 4. The molecule has 0 unspecified atom stereocenters. The number of piperidine rings is 1. The van der Waals surface area contributed by atoms with Gasteiger partial charge in [0.15, 0.2) is 0 Å². The lowest BCUT2D eigenvalue weighted by Gasteiger charge is -2.36. The molecule has 5 N–H and O–H groups in total. The smallest absolute Gasteiger partial charge is 0.274 e. The molecule has 2 aromatic carbocycles. The number of nitrogens with zero attached hydrogens (tertiary/aromatic N) is 4. The highest BCUT2D eigenvalue weighted by atomic mass is 35.5. The number of amides is 4. The molecular formula is C45H55ClN8O7. The maximum Gasteiger partial charge on any atom is 0.274 e. The predicted molar refractivity (Wildman–Crippen MR) is 231 cm³/mol. The summed E-state index contributed by atoms with van der Waals surface area (Å²) in [4.78, 5) is 62.4. The zero-order chi connectivity index (χ0) is 43.4. The number of anilines is 2. The van der Waals surface area contributed by atoms with Crippen LogP contribution in [0.1, 0.15) is 93.4 Å². The van der Waals surface area contributed by atoms with Crippen LogP contribution in [0.2, 0.25) is 5.02 Å². The minimum Gasteiger partial charge on any atom is -0.494 e. The van der Waals surface area contributed by atoms with E-state index < -0.39 is 35.4 Å². The van der Waals surface area contributed by atoms with E-state index in [1.807, 2.05) is 58.0 Å². The number of H-pyrrole nitrogens is 1. The van der Waals surface area contributed by atoms with Crippen molar-refractivity contribution in [2.45, 2.75) is 96.1 Å². The van der Waals surface area contributed by atoms with Crippen LogP contribution in [0.3, 0.4) is 0 Å². The summed E-state index contributed by atoms with van der Waals surface area (Å²) in [5.74, 6) is -0.668. The number of carbonyl (C=O) groups excluding carboxylic acids is 4. The number of halogens is 1. The molecule has 2 aliphatic heterocycles. The molecule has 1 aliphatic carbocycles. The fourth-order valence-electron chi connectivity index (χ4n) is 8.00. The molecule has 4 atom stereocenters. The second kappa shape index (κ2) is 18.6. The van der Waals surface area contributed by atoms with Crippen molar-refractivity contribution in [3.63, 3.8) is 0 Å². The largest absolute Gasteiger partial charge is 0.494 e. The molecular weight excluding hydrogens is 800 g/mol. The van der Waals surface area contributed by atoms with Crippen molar-refractivity contribution < 1.29 is 33.8 Å². The van der Waals surface area contributed by atoms with Crippen molar-refractivity contribution in [2.75, 3.05) is 43.6 Å². The first kappa shape index (κ1) is 43.6. The van der Waals surface area contributed by atoms with Crippen LogP contribution >= 0.6 is 11.6 Å². The van der Waals surface area contributed by atoms with E-state index in [0.29, 0.717) is 54.7 Å². The lowest BCUT2D eigenvalue weighted by atomic mass is 9.85. The zero-order valence-corrected chi connectivity index (χ0v) is 36.0. The molecule has 7 rings (SSSR count). The van der Waals surface area contributed by atoms with Crippen LogP contribution in [0, 0.1) is 5.41 Å². The van der Waals surface area contributed by atoms with Crippen LogP contribution in [-0.4, -0.2) is 106 Å². The second-order valence-electron chi connectivity index (χ2n) is 17.3. The van der Waals surface area contributed by atoms with Crippen molar-refractivity contribution >= 4 is 46.6 Å². The first-order valence-corrected chi connectivity index (χ1v) is 21.3. The Morgan fingerprint density at radius 2 is 1.77 bits per heavy atom. The number of methoxy groups -OCH3 is 1. The molecule has 0 spiro atoms. The number of aliphatic hydroxyl groups excluding tert-OH is 1. The Morgan fingerprint density at radius 3 is 2.46 bits per heavy atom. The molecule has 15 nitrogen and oxygen atoms in total. The van der Waals surface area contributed by atoms with Gasteiger partial charge in [0.05, 0.1) is 42.4 Å². The Balaban J connectivity index is 0.901. The molecule has 0 bridgehead atoms. The Hall–Kier alpha value is -5.51. The van der Waals surface area contributed by atoms with Gasteiger partial charge in [-0.15, -0.1) is 0 Å². The number of pyridine rings is 1. The van der Waals surface area contributed by atoms with Crippen molar-refractivity contribution in [1.29, 1.82) is 0 Å². The number of likely N-dealkylation sites (tertiary alicyclic amines) is 1. The topological polar surface area (TPSA) is 191 Å². The molecule has 16 heteroatoms. The van der Waals surface area contributed by atoms with Gasteiger partial charge in [-0.2, -0.15) is 5.10 Å². The number of hydrogen-bond donors (Lipinski definition) is 5. The fraction of sp³-hybridized carbons (Fsp3) is 0.467. The normalized spacial score (nSPS) is 19.3. The van der Waals surface area contributed by atoms with Crippen molar-refractivity contribution in [3.05, 3.63) is 88.7 Å². The molecule has 1 saturated carbocycles. The standard InChI is InChI=1S/C45H55ClN8O7/c1-26(28-11-13-33(46)32(21-28)27-9-10-27)48-43(58)38-23-30(55)24-54(38)44(59)41(45(2,3)4)51-40(56)25-61-31-16-19-53(20-17-31)29-12-14-36(39(22-29)60-5)50-42(57)37-8-6-7-34(49-37)35-15-18-47-52-35/h6-8,11-15,18,21-22,26-27,30-31,38,41,55H,9-10,16-17,19-20,23-25H2,1-5H3,(H,47,52)(H,48,58)(H,50,57)(H,51,56)/t26-,30-,38+,41-/m1/s1. The summed E-state index contributed by atoms with van der Waals surface area (Å²) in [6.07, 6.45) is 4.17. The highest BCUT2D eigenvalue weighted by molar-refractivity contribution is 6.31. The molecule has 324 valence electrons. The van der Waals surface area contributed by atoms with Crippen LogP contribution < -0.4 is 25.6 Å². The molecule has 3 fully saturated rings. The molecule has 2 saturated heterocycles. The number of ether oxygens (including phenoxy) is 2. The molecule has 2 aromatic heterocycles. The molecule has 3 aliphatic rings. The fourth-order valence-corrected chi connectivity index (χ4v) is 8.28. The van der Waals surface area contributed by atoms with Gasteiger partial charge in [-0.3, -0.25) is 24.3 Å². The maximum absolute atomic E-state index is 14.1. The maximum atomic E-state index is 14.1. The van der Waals surface area contributed by atoms with Gasteiger partial charge in [0.2, 0.25) is 17.7 Å². The zero-order valence-electron chi connectivity index (χ0n) is 35.2. The third-order valence-corrected chi connectivity index (χ3v) is 12.0. The SMILES string of the molecule is COc1cc(N2CCC(OCC(=O)N[C@H](C(=O)N3C[C@H](O)C[C@H]3C(=O)N[C@H](C)c3ccc(Cl)c(C4CC4)c3)C(C)(C)C)CC2)ccc1NC(=O)c1cccc(-c2ccn[nH]2)n1. The minimum atomic E-state index is -0.966. The molecule has 4 aromatic rings. The summed E-state index contributed by atoms with van der Waals surface area (Å²) in [5, 5.41) is 27.0. The summed E-state index contributed by atoms with van der Waals surface area (Å²) in [6, 6.07) is 16.2. The van der Waals surface area contributed by atoms with Crippen molar-refractivity contribution in [3.8, 4) is 17.1 Å². The highest BCUT2D eigenvalue weighted by Crippen LogP contribution is 2.44. The summed E-state index contributed by atoms with van der Waals surface area (Å²) in [7, 11) is 1.55. The Kier molecular flexibility index (Phi) is 13.3. The summed E-state index contributed by atoms with van der Waals surface area (Å²) in [6.45, 7) is 8.51. The summed E-state index contributed by atoms with van der Waals surface area (Å²) >= 11 is 6.44. The van der Waals surface area contributed by atoms with Gasteiger partial charge in [-0.25, -0.2) is 4.98 Å². The highest BCUT2D eigenvalue weighted by Gasteiger charge is 2.45. The number of aliphatic hydroxyl groups is 1. The van der Waals surface area contributed by atoms with Gasteiger partial charge in [0, 0.05) is 49.0 Å². The molecule has 4 amide bonds. The van der Waals surface area contributed by atoms with Gasteiger partial charge >= 0.3 is 0 Å². The van der Waals surface area contributed by atoms with Crippen molar-refractivity contribution in [2.24, 2.45) is 5.41 Å². The number of benzene rings is 2. The number of aromatic nitrogens is 3. The number of β-amino-alcohol motifs (C(OH)–C–C–N with tert-alkyl or cyclic N) is 1. The van der Waals surface area contributed by atoms with Gasteiger partial charge in [0.1, 0.15) is 30.1 Å². The van der Waals surface area contributed by atoms with Crippen molar-refractivity contribution in [1.82, 2.24) is 30.7 Å². The number of aromatic amines is 1. The van der Waals surface area contributed by atoms with E-state index in [1.165, 1.54) is 4.90 Å². The van der Waals surface area contributed by atoms with E-state index in [2.05, 4.69) is 36.0 Å². The molecule has 0 radical (unpaired) electrons. The van der Waals surface area contributed by atoms with E-state index in [0.717, 1.165) is 34.7 Å². The average Bonchev–Trinajstić information content (AvgIpc) is 3.78. The van der Waals surface area contributed by atoms with E-state index in [4.69, 9.17) is 21.1 Å². The number of rotatable bonds is 14. The van der Waals surface area contributed by atoms with E-state index in [9.17, 15) is 24.3 Å². The predicted octanol–water partition coefficient (Wildman–Crippen LogP) is 5.62. The van der Waals surface area contributed by atoms with Gasteiger partial charge < -0.3 is 40.3 Å². The summed E-state index contributed by atoms with van der Waals surface area (Å²) < 4.78 is 11.7. The van der Waals surface area contributed by atoms with Crippen LogP contribution in [0.4, 0.5) is 11.4 Å². The van der Waals surface area contributed by atoms with E-state index >= 15 is 0 Å². The first-order valence-electron chi connectivity index (χ1n) is 20.9. The van der Waals surface area contributed by atoms with Crippen LogP contribution in [-0.2, 0) is 19.1 Å². The van der Waals surface area contributed by atoms with E-state index in [1.54, 1.807) is 43.6 Å². The number of hydrogen-bond acceptors (Lipinski definition) is 10. The number of carbonyl (C=O) groups is 4. The second-order valence-corrected chi connectivity index (χ2v) is 17.7. The Morgan fingerprint density at radius 1 is 1.00 bits per heavy atom. The lowest BCUT2D eigenvalue weighted by molar-refractivity contribution is -0.145. The molecule has 61 heavy (non-hydrogen) atoms. The van der Waals surface area contributed by atoms with Gasteiger partial charge in [-0.05, 0) is 91.5 Å². The first-order chi connectivity index (χ1) is 29.2. The Labute approximate surface area is 360 Å². The Bertz CT molecular complexity index is 2220. The molecule has 4 heterocycles. The monoisotopic (exact) mass is 854 g/mol. The van der Waals surface area contributed by atoms with Crippen LogP contribution in [0.15, 0.2) is 66.9 Å². The van der Waals surface area contributed by atoms with Crippen LogP contribution in [0.5, 0.6) is 5.75 Å². The van der Waals surface area contributed by atoms with E-state index in [-0.39, 0.29) is 49.2 Å². The lowest BCUT2D eigenvalue weighted by Crippen LogP contribution is -2.58. The third-order valence-electron chi connectivity index (χ3n) is 11.6.